The van der Waals surface area contributed by atoms with E-state index in [4.69, 9.17) is 0 Å². The van der Waals surface area contributed by atoms with Gasteiger partial charge in [-0.05, 0) is 51.5 Å². The van der Waals surface area contributed by atoms with Crippen molar-refractivity contribution in [1.29, 1.82) is 0 Å². The van der Waals surface area contributed by atoms with Crippen molar-refractivity contribution in [1.82, 2.24) is 24.3 Å². The van der Waals surface area contributed by atoms with Gasteiger partial charge in [-0.3, -0.25) is 23.9 Å². The lowest BCUT2D eigenvalue weighted by Gasteiger charge is -2.34. The number of likely N-dealkylation sites (tertiary alicyclic amines) is 2. The third-order valence-corrected chi connectivity index (χ3v) is 7.56. The maximum atomic E-state index is 13.6. The van der Waals surface area contributed by atoms with Crippen LogP contribution in [-0.2, 0) is 11.3 Å². The van der Waals surface area contributed by atoms with E-state index in [1.807, 2.05) is 11.8 Å². The van der Waals surface area contributed by atoms with Crippen molar-refractivity contribution in [3.63, 3.8) is 0 Å². The van der Waals surface area contributed by atoms with Crippen molar-refractivity contribution in [3.05, 3.63) is 38.2 Å². The van der Waals surface area contributed by atoms with E-state index < -0.39 is 11.2 Å². The first kappa shape index (κ1) is 22.8. The van der Waals surface area contributed by atoms with Gasteiger partial charge in [0.2, 0.25) is 5.91 Å². The summed E-state index contributed by atoms with van der Waals surface area (Å²) in [4.78, 5) is 62.6. The molecule has 182 valence electrons. The van der Waals surface area contributed by atoms with Gasteiger partial charge in [-0.15, -0.1) is 0 Å². The summed E-state index contributed by atoms with van der Waals surface area (Å²) in [6, 6.07) is 1.75. The highest BCUT2D eigenvalue weighted by atomic mass is 16.2. The molecule has 9 nitrogen and oxygen atoms in total. The maximum Gasteiger partial charge on any atom is 0.329 e. The number of aromatic nitrogens is 3. The Bertz CT molecular complexity index is 1210. The second-order valence-electron chi connectivity index (χ2n) is 9.88. The summed E-state index contributed by atoms with van der Waals surface area (Å²) >= 11 is 0. The van der Waals surface area contributed by atoms with Gasteiger partial charge in [0.05, 0.1) is 10.9 Å². The van der Waals surface area contributed by atoms with E-state index in [2.05, 4.69) is 9.97 Å². The molecule has 0 radical (unpaired) electrons. The summed E-state index contributed by atoms with van der Waals surface area (Å²) in [5.74, 6) is 0.226. The van der Waals surface area contributed by atoms with Gasteiger partial charge >= 0.3 is 5.69 Å². The number of piperidine rings is 1. The molecular weight excluding hydrogens is 434 g/mol. The molecule has 1 N–H and O–H groups in total. The summed E-state index contributed by atoms with van der Waals surface area (Å²) in [7, 11) is 0. The molecule has 1 saturated carbocycles. The molecule has 4 heterocycles. The van der Waals surface area contributed by atoms with E-state index in [1.165, 1.54) is 17.4 Å². The van der Waals surface area contributed by atoms with Crippen molar-refractivity contribution in [2.75, 3.05) is 26.2 Å². The Morgan fingerprint density at radius 2 is 1.65 bits per heavy atom. The summed E-state index contributed by atoms with van der Waals surface area (Å²) in [5.41, 5.74) is 0.290. The van der Waals surface area contributed by atoms with Gasteiger partial charge in [0.1, 0.15) is 0 Å². The van der Waals surface area contributed by atoms with Crippen molar-refractivity contribution in [2.24, 2.45) is 5.92 Å². The standard InChI is InChI=1S/C25H33N5O4/c1-2-30-21-20(22(31)27-25(30)34)18(15-19(26-21)16-7-8-16)24(33)29-13-9-17(10-14-29)23(32)28-11-5-3-4-6-12-28/h15-17H,2-14H2,1H3,(H,27,31,34). The molecule has 3 fully saturated rings. The largest absolute Gasteiger partial charge is 0.342 e. The highest BCUT2D eigenvalue weighted by Gasteiger charge is 2.33. The Balaban J connectivity index is 1.40. The zero-order chi connectivity index (χ0) is 23.8. The molecule has 0 spiro atoms. The van der Waals surface area contributed by atoms with E-state index in [9.17, 15) is 19.2 Å². The van der Waals surface area contributed by atoms with Crippen LogP contribution in [0.1, 0.15) is 80.3 Å². The fourth-order valence-electron chi connectivity index (χ4n) is 5.39. The molecule has 2 amide bonds. The lowest BCUT2D eigenvalue weighted by Crippen LogP contribution is -2.45. The molecule has 5 rings (SSSR count). The molecular formula is C25H33N5O4. The number of nitrogens with one attached hydrogen (secondary N) is 1. The van der Waals surface area contributed by atoms with Crippen molar-refractivity contribution >= 4 is 22.8 Å². The Kier molecular flexibility index (Phi) is 6.27. The van der Waals surface area contributed by atoms with E-state index >= 15 is 0 Å². The number of pyridine rings is 1. The van der Waals surface area contributed by atoms with Crippen molar-refractivity contribution in [2.45, 2.75) is 70.8 Å². The predicted molar refractivity (Wildman–Crippen MR) is 128 cm³/mol. The normalized spacial score (nSPS) is 19.9. The Morgan fingerprint density at radius 3 is 2.26 bits per heavy atom. The van der Waals surface area contributed by atoms with Gasteiger partial charge in [-0.25, -0.2) is 9.78 Å². The van der Waals surface area contributed by atoms with Gasteiger partial charge in [0.15, 0.2) is 5.65 Å². The van der Waals surface area contributed by atoms with E-state index in [-0.39, 0.29) is 34.7 Å². The summed E-state index contributed by atoms with van der Waals surface area (Å²) in [6.07, 6.45) is 7.77. The monoisotopic (exact) mass is 467 g/mol. The highest BCUT2D eigenvalue weighted by Crippen LogP contribution is 2.40. The van der Waals surface area contributed by atoms with Gasteiger partial charge in [-0.1, -0.05) is 12.8 Å². The number of carbonyl (C=O) groups is 2. The Labute approximate surface area is 198 Å². The smallest absolute Gasteiger partial charge is 0.329 e. The summed E-state index contributed by atoms with van der Waals surface area (Å²) < 4.78 is 1.42. The van der Waals surface area contributed by atoms with Crippen LogP contribution in [0.3, 0.4) is 0 Å². The second kappa shape index (κ2) is 9.35. The lowest BCUT2D eigenvalue weighted by molar-refractivity contribution is -0.136. The average molecular weight is 468 g/mol. The first-order valence-corrected chi connectivity index (χ1v) is 12.7. The van der Waals surface area contributed by atoms with Crippen LogP contribution in [0.5, 0.6) is 0 Å². The molecule has 3 aliphatic rings. The fourth-order valence-corrected chi connectivity index (χ4v) is 5.39. The highest BCUT2D eigenvalue weighted by molar-refractivity contribution is 6.05. The molecule has 0 atom stereocenters. The third kappa shape index (κ3) is 4.28. The number of nitrogens with zero attached hydrogens (tertiary/aromatic N) is 4. The zero-order valence-corrected chi connectivity index (χ0v) is 19.8. The number of amides is 2. The minimum absolute atomic E-state index is 0.0490. The van der Waals surface area contributed by atoms with Crippen molar-refractivity contribution < 1.29 is 9.59 Å². The van der Waals surface area contributed by atoms with Gasteiger partial charge < -0.3 is 9.80 Å². The van der Waals surface area contributed by atoms with Crippen LogP contribution in [0.4, 0.5) is 0 Å². The zero-order valence-electron chi connectivity index (χ0n) is 19.8. The van der Waals surface area contributed by atoms with Gasteiger partial charge in [-0.2, -0.15) is 0 Å². The number of aromatic amines is 1. The molecule has 9 heteroatoms. The van der Waals surface area contributed by atoms with Crippen LogP contribution in [0.15, 0.2) is 15.7 Å². The number of rotatable bonds is 4. The van der Waals surface area contributed by atoms with Crippen LogP contribution >= 0.6 is 0 Å². The Morgan fingerprint density at radius 1 is 0.971 bits per heavy atom. The summed E-state index contributed by atoms with van der Waals surface area (Å²) in [6.45, 7) is 4.82. The first-order chi connectivity index (χ1) is 16.5. The minimum atomic E-state index is -0.575. The van der Waals surface area contributed by atoms with Gasteiger partial charge in [0.25, 0.3) is 11.5 Å². The number of H-pyrrole nitrogens is 1. The molecule has 0 bridgehead atoms. The Hall–Kier alpha value is -2.97. The molecule has 2 saturated heterocycles. The lowest BCUT2D eigenvalue weighted by atomic mass is 9.94. The SMILES string of the molecule is CCn1c(=O)[nH]c(=O)c2c(C(=O)N3CCC(C(=O)N4CCCCCC4)CC3)cc(C3CC3)nc21. The van der Waals surface area contributed by atoms with E-state index in [1.54, 1.807) is 11.0 Å². The molecule has 0 unspecified atom stereocenters. The first-order valence-electron chi connectivity index (χ1n) is 12.7. The van der Waals surface area contributed by atoms with E-state index in [0.29, 0.717) is 38.0 Å². The molecule has 2 aliphatic heterocycles. The maximum absolute atomic E-state index is 13.6. The average Bonchev–Trinajstić information content (AvgIpc) is 3.70. The molecule has 0 aromatic carbocycles. The van der Waals surface area contributed by atoms with Crippen LogP contribution in [0, 0.1) is 5.92 Å². The number of fused-ring (bicyclic) bond motifs is 1. The van der Waals surface area contributed by atoms with Crippen LogP contribution in [0.2, 0.25) is 0 Å². The number of aryl methyl sites for hydroxylation is 1. The van der Waals surface area contributed by atoms with E-state index in [0.717, 1.165) is 44.5 Å². The van der Waals surface area contributed by atoms with Crippen LogP contribution < -0.4 is 11.2 Å². The summed E-state index contributed by atoms with van der Waals surface area (Å²) in [5, 5.41) is 0.179. The minimum Gasteiger partial charge on any atom is -0.342 e. The topological polar surface area (TPSA) is 108 Å². The number of carbonyl (C=O) groups excluding carboxylic acids is 2. The van der Waals surface area contributed by atoms with Gasteiger partial charge in [0, 0.05) is 50.3 Å². The third-order valence-electron chi connectivity index (χ3n) is 7.56. The van der Waals surface area contributed by atoms with Crippen LogP contribution in [-0.4, -0.2) is 62.3 Å². The molecule has 2 aromatic rings. The number of hydrogen-bond donors (Lipinski definition) is 1. The molecule has 34 heavy (non-hydrogen) atoms. The predicted octanol–water partition coefficient (Wildman–Crippen LogP) is 2.24. The quantitative estimate of drug-likeness (QED) is 0.742. The second-order valence-corrected chi connectivity index (χ2v) is 9.88. The fraction of sp³-hybridized carbons (Fsp3) is 0.640. The number of hydrogen-bond acceptors (Lipinski definition) is 5. The van der Waals surface area contributed by atoms with Crippen molar-refractivity contribution in [3.8, 4) is 0 Å². The van der Waals surface area contributed by atoms with Crippen LogP contribution in [0.25, 0.3) is 11.0 Å². The molecule has 1 aliphatic carbocycles. The molecule has 2 aromatic heterocycles.